The molecule has 1 aromatic rings. The summed E-state index contributed by atoms with van der Waals surface area (Å²) in [5, 5.41) is 10.3. The minimum atomic E-state index is -0.607. The zero-order valence-corrected chi connectivity index (χ0v) is 9.00. The molecule has 0 aromatic carbocycles. The highest BCUT2D eigenvalue weighted by atomic mass is 16.6. The Balaban J connectivity index is 2.52. The lowest BCUT2D eigenvalue weighted by Crippen LogP contribution is -2.26. The molecule has 7 heteroatoms. The third kappa shape index (κ3) is 3.35. The zero-order chi connectivity index (χ0) is 12.1. The lowest BCUT2D eigenvalue weighted by atomic mass is 10.4. The molecule has 7 nitrogen and oxygen atoms in total. The molecule has 0 unspecified atom stereocenters. The molecule has 0 radical (unpaired) electrons. The number of nitro groups is 1. The monoisotopic (exact) mass is 228 g/mol. The first-order valence-corrected chi connectivity index (χ1v) is 4.51. The number of furan rings is 1. The fourth-order valence-electron chi connectivity index (χ4n) is 1.16. The van der Waals surface area contributed by atoms with Crippen molar-refractivity contribution < 1.29 is 18.9 Å². The fraction of sp³-hybridized carbons (Fsp3) is 0.444. The van der Waals surface area contributed by atoms with Crippen molar-refractivity contribution in [1.82, 2.24) is 4.90 Å². The fourth-order valence-corrected chi connectivity index (χ4v) is 1.16. The summed E-state index contributed by atoms with van der Waals surface area (Å²) in [6, 6.07) is 2.78. The Morgan fingerprint density at radius 2 is 2.31 bits per heavy atom. The molecule has 0 amide bonds. The van der Waals surface area contributed by atoms with E-state index < -0.39 is 4.92 Å². The van der Waals surface area contributed by atoms with Crippen molar-refractivity contribution in [2.75, 3.05) is 20.7 Å². The quantitative estimate of drug-likeness (QED) is 0.420. The van der Waals surface area contributed by atoms with Gasteiger partial charge < -0.3 is 9.15 Å². The molecular weight excluding hydrogens is 216 g/mol. The number of ether oxygens (including phenoxy) is 1. The van der Waals surface area contributed by atoms with Gasteiger partial charge in [0.05, 0.1) is 26.3 Å². The molecule has 88 valence electrons. The molecule has 0 aliphatic heterocycles. The smallest absolute Gasteiger partial charge is 0.433 e. The summed E-state index contributed by atoms with van der Waals surface area (Å²) >= 11 is 0. The second kappa shape index (κ2) is 5.26. The number of hydrogen-bond acceptors (Lipinski definition) is 6. The van der Waals surface area contributed by atoms with Crippen LogP contribution in [-0.2, 0) is 16.1 Å². The van der Waals surface area contributed by atoms with E-state index in [9.17, 15) is 14.9 Å². The van der Waals surface area contributed by atoms with Crippen LogP contribution in [0.4, 0.5) is 5.88 Å². The van der Waals surface area contributed by atoms with Crippen LogP contribution < -0.4 is 0 Å². The first-order valence-electron chi connectivity index (χ1n) is 4.51. The Kier molecular flexibility index (Phi) is 4.01. The normalized spacial score (nSPS) is 10.4. The Morgan fingerprint density at radius 3 is 2.81 bits per heavy atom. The van der Waals surface area contributed by atoms with Crippen LogP contribution in [0.1, 0.15) is 5.76 Å². The van der Waals surface area contributed by atoms with Crippen LogP contribution in [0.3, 0.4) is 0 Å². The molecule has 0 bridgehead atoms. The van der Waals surface area contributed by atoms with Crippen LogP contribution in [0.15, 0.2) is 16.5 Å². The van der Waals surface area contributed by atoms with E-state index in [1.54, 1.807) is 11.9 Å². The van der Waals surface area contributed by atoms with Gasteiger partial charge in [0.15, 0.2) is 0 Å². The molecule has 0 atom stereocenters. The van der Waals surface area contributed by atoms with Crippen molar-refractivity contribution >= 4 is 11.9 Å². The molecule has 0 aliphatic rings. The lowest BCUT2D eigenvalue weighted by molar-refractivity contribution is -0.402. The SMILES string of the molecule is COC(=O)CN(C)Cc1ccc([N+](=O)[O-])o1. The predicted octanol–water partition coefficient (Wildman–Crippen LogP) is 0.793. The average Bonchev–Trinajstić information content (AvgIpc) is 2.65. The number of hydrogen-bond donors (Lipinski definition) is 0. The van der Waals surface area contributed by atoms with E-state index in [1.165, 1.54) is 19.2 Å². The molecule has 0 saturated heterocycles. The standard InChI is InChI=1S/C9H12N2O5/c1-10(6-9(12)15-2)5-7-3-4-8(16-7)11(13)14/h3-4H,5-6H2,1-2H3. The highest BCUT2D eigenvalue weighted by molar-refractivity contribution is 5.71. The van der Waals surface area contributed by atoms with Crippen molar-refractivity contribution in [3.8, 4) is 0 Å². The van der Waals surface area contributed by atoms with Gasteiger partial charge in [-0.2, -0.15) is 0 Å². The van der Waals surface area contributed by atoms with Crippen LogP contribution in [0.25, 0.3) is 0 Å². The van der Waals surface area contributed by atoms with E-state index in [-0.39, 0.29) is 18.4 Å². The second-order valence-electron chi connectivity index (χ2n) is 3.25. The summed E-state index contributed by atoms with van der Waals surface area (Å²) in [5.74, 6) is -0.247. The molecular formula is C9H12N2O5. The van der Waals surface area contributed by atoms with Gasteiger partial charge in [0, 0.05) is 0 Å². The number of methoxy groups -OCH3 is 1. The van der Waals surface area contributed by atoms with Gasteiger partial charge >= 0.3 is 11.9 Å². The Labute approximate surface area is 91.7 Å². The molecule has 1 heterocycles. The first-order chi connectivity index (χ1) is 7.52. The van der Waals surface area contributed by atoms with Gasteiger partial charge in [-0.3, -0.25) is 19.8 Å². The maximum Gasteiger partial charge on any atom is 0.433 e. The highest BCUT2D eigenvalue weighted by Gasteiger charge is 2.14. The Hall–Kier alpha value is -1.89. The Morgan fingerprint density at radius 1 is 1.62 bits per heavy atom. The van der Waals surface area contributed by atoms with Crippen molar-refractivity contribution in [2.24, 2.45) is 0 Å². The summed E-state index contributed by atoms with van der Waals surface area (Å²) in [7, 11) is 2.99. The van der Waals surface area contributed by atoms with E-state index in [2.05, 4.69) is 4.74 Å². The second-order valence-corrected chi connectivity index (χ2v) is 3.25. The molecule has 1 aromatic heterocycles. The zero-order valence-electron chi connectivity index (χ0n) is 9.00. The van der Waals surface area contributed by atoms with Gasteiger partial charge in [-0.25, -0.2) is 0 Å². The minimum Gasteiger partial charge on any atom is -0.468 e. The summed E-state index contributed by atoms with van der Waals surface area (Å²) in [6.45, 7) is 0.411. The number of nitrogens with zero attached hydrogens (tertiary/aromatic N) is 2. The van der Waals surface area contributed by atoms with Crippen molar-refractivity contribution in [3.05, 3.63) is 28.0 Å². The largest absolute Gasteiger partial charge is 0.468 e. The molecule has 0 N–H and O–H groups in total. The number of rotatable bonds is 5. The van der Waals surface area contributed by atoms with Gasteiger partial charge in [-0.15, -0.1) is 0 Å². The van der Waals surface area contributed by atoms with E-state index >= 15 is 0 Å². The van der Waals surface area contributed by atoms with Crippen LogP contribution in [0.5, 0.6) is 0 Å². The third-order valence-corrected chi connectivity index (χ3v) is 1.88. The Bertz CT molecular complexity index is 387. The number of carbonyl (C=O) groups excluding carboxylic acids is 1. The van der Waals surface area contributed by atoms with Crippen LogP contribution >= 0.6 is 0 Å². The van der Waals surface area contributed by atoms with E-state index in [1.807, 2.05) is 0 Å². The first kappa shape index (κ1) is 12.2. The van der Waals surface area contributed by atoms with Crippen molar-refractivity contribution in [1.29, 1.82) is 0 Å². The van der Waals surface area contributed by atoms with Gasteiger partial charge in [-0.1, -0.05) is 0 Å². The van der Waals surface area contributed by atoms with Crippen LogP contribution in [0, 0.1) is 10.1 Å². The van der Waals surface area contributed by atoms with Gasteiger partial charge in [0.25, 0.3) is 0 Å². The number of carbonyl (C=O) groups is 1. The number of likely N-dealkylation sites (N-methyl/N-ethyl adjacent to an activating group) is 1. The van der Waals surface area contributed by atoms with Crippen LogP contribution in [-0.4, -0.2) is 36.5 Å². The topological polar surface area (TPSA) is 85.8 Å². The summed E-state index contributed by atoms with van der Waals surface area (Å²) in [5.41, 5.74) is 0. The molecule has 0 fully saturated rings. The maximum atomic E-state index is 10.9. The predicted molar refractivity (Wildman–Crippen MR) is 53.7 cm³/mol. The maximum absolute atomic E-state index is 10.9. The van der Waals surface area contributed by atoms with Gasteiger partial charge in [0.2, 0.25) is 0 Å². The van der Waals surface area contributed by atoms with Crippen molar-refractivity contribution in [2.45, 2.75) is 6.54 Å². The van der Waals surface area contributed by atoms with E-state index in [4.69, 9.17) is 4.42 Å². The molecule has 16 heavy (non-hydrogen) atoms. The average molecular weight is 228 g/mol. The lowest BCUT2D eigenvalue weighted by Gasteiger charge is -2.12. The molecule has 0 spiro atoms. The highest BCUT2D eigenvalue weighted by Crippen LogP contribution is 2.16. The van der Waals surface area contributed by atoms with Gasteiger partial charge in [0.1, 0.15) is 10.7 Å². The molecule has 0 aliphatic carbocycles. The van der Waals surface area contributed by atoms with Gasteiger partial charge in [-0.05, 0) is 13.1 Å². The molecule has 1 rings (SSSR count). The van der Waals surface area contributed by atoms with E-state index in [0.717, 1.165) is 0 Å². The van der Waals surface area contributed by atoms with Crippen LogP contribution in [0.2, 0.25) is 0 Å². The van der Waals surface area contributed by atoms with E-state index in [0.29, 0.717) is 12.3 Å². The molecule has 0 saturated carbocycles. The summed E-state index contributed by atoms with van der Waals surface area (Å²) in [4.78, 5) is 22.3. The minimum absolute atomic E-state index is 0.102. The summed E-state index contributed by atoms with van der Waals surface area (Å²) in [6.07, 6.45) is 0. The van der Waals surface area contributed by atoms with Crippen molar-refractivity contribution in [3.63, 3.8) is 0 Å². The number of esters is 1. The third-order valence-electron chi connectivity index (χ3n) is 1.88. The summed E-state index contributed by atoms with van der Waals surface area (Å²) < 4.78 is 9.42.